The maximum atomic E-state index is 5.99. The molecule has 1 aliphatic rings. The van der Waals surface area contributed by atoms with Gasteiger partial charge >= 0.3 is 0 Å². The summed E-state index contributed by atoms with van der Waals surface area (Å²) in [6.07, 6.45) is 1.25. The van der Waals surface area contributed by atoms with E-state index in [4.69, 9.17) is 11.5 Å². The number of nitrogens with two attached hydrogens (primary N) is 2. The van der Waals surface area contributed by atoms with Crippen molar-refractivity contribution >= 4 is 34.9 Å². The third-order valence-electron chi connectivity index (χ3n) is 3.43. The first-order valence-corrected chi connectivity index (χ1v) is 8.68. The van der Waals surface area contributed by atoms with Crippen molar-refractivity contribution < 1.29 is 0 Å². The highest BCUT2D eigenvalue weighted by molar-refractivity contribution is 8.18. The summed E-state index contributed by atoms with van der Waals surface area (Å²) in [7, 11) is 0. The third-order valence-corrected chi connectivity index (χ3v) is 6.88. The van der Waals surface area contributed by atoms with Gasteiger partial charge in [0.15, 0.2) is 0 Å². The number of benzene rings is 2. The fourth-order valence-corrected chi connectivity index (χ4v) is 5.86. The summed E-state index contributed by atoms with van der Waals surface area (Å²) >= 11 is 3.97. The lowest BCUT2D eigenvalue weighted by molar-refractivity contribution is 1.01. The van der Waals surface area contributed by atoms with Gasteiger partial charge < -0.3 is 11.5 Å². The van der Waals surface area contributed by atoms with E-state index in [0.717, 1.165) is 22.9 Å². The molecule has 20 heavy (non-hydrogen) atoms. The van der Waals surface area contributed by atoms with Gasteiger partial charge in [-0.1, -0.05) is 24.3 Å². The van der Waals surface area contributed by atoms with Gasteiger partial charge in [0.25, 0.3) is 0 Å². The highest BCUT2D eigenvalue weighted by Gasteiger charge is 2.37. The minimum Gasteiger partial charge on any atom is -0.399 e. The van der Waals surface area contributed by atoms with Crippen molar-refractivity contribution in [2.45, 2.75) is 10.5 Å². The molecule has 4 heteroatoms. The van der Waals surface area contributed by atoms with Crippen molar-refractivity contribution in [3.05, 3.63) is 59.7 Å². The summed E-state index contributed by atoms with van der Waals surface area (Å²) < 4.78 is -0.0803. The Morgan fingerprint density at radius 2 is 1.30 bits per heavy atom. The van der Waals surface area contributed by atoms with Crippen LogP contribution in [0.25, 0.3) is 0 Å². The van der Waals surface area contributed by atoms with Gasteiger partial charge in [0.1, 0.15) is 4.08 Å². The summed E-state index contributed by atoms with van der Waals surface area (Å²) in [4.78, 5) is 0. The topological polar surface area (TPSA) is 52.0 Å². The predicted octanol–water partition coefficient (Wildman–Crippen LogP) is 3.92. The molecule has 1 fully saturated rings. The molecule has 0 spiro atoms. The Labute approximate surface area is 128 Å². The number of thioether (sulfide) groups is 2. The second-order valence-corrected chi connectivity index (χ2v) is 7.79. The molecule has 0 saturated carbocycles. The van der Waals surface area contributed by atoms with Gasteiger partial charge in [-0.15, -0.1) is 23.5 Å². The Kier molecular flexibility index (Phi) is 3.85. The van der Waals surface area contributed by atoms with Crippen molar-refractivity contribution in [3.63, 3.8) is 0 Å². The normalized spacial score (nSPS) is 17.8. The number of nitrogen functional groups attached to an aromatic ring is 2. The van der Waals surface area contributed by atoms with Crippen molar-refractivity contribution in [1.82, 2.24) is 0 Å². The molecule has 1 aliphatic heterocycles. The van der Waals surface area contributed by atoms with Crippen LogP contribution in [0.3, 0.4) is 0 Å². The molecular weight excluding hydrogens is 284 g/mol. The molecule has 2 nitrogen and oxygen atoms in total. The van der Waals surface area contributed by atoms with Gasteiger partial charge in [-0.3, -0.25) is 0 Å². The molecule has 104 valence electrons. The summed E-state index contributed by atoms with van der Waals surface area (Å²) in [5.74, 6) is 2.33. The summed E-state index contributed by atoms with van der Waals surface area (Å²) in [5.41, 5.74) is 16.1. The number of hydrogen-bond acceptors (Lipinski definition) is 4. The second kappa shape index (κ2) is 5.62. The Morgan fingerprint density at radius 3 is 1.75 bits per heavy atom. The number of rotatable bonds is 2. The molecule has 1 saturated heterocycles. The molecule has 2 aromatic carbocycles. The molecule has 0 unspecified atom stereocenters. The van der Waals surface area contributed by atoms with Gasteiger partial charge in [0.2, 0.25) is 0 Å². The van der Waals surface area contributed by atoms with Crippen LogP contribution in [0.5, 0.6) is 0 Å². The summed E-state index contributed by atoms with van der Waals surface area (Å²) in [6, 6.07) is 16.5. The standard InChI is InChI=1S/C16H18N2S2/c17-14-6-1-4-12(10-14)16(19-8-3-9-20-16)13-5-2-7-15(18)11-13/h1-2,4-7,10-11H,3,8-9,17-18H2. The first-order chi connectivity index (χ1) is 9.71. The molecule has 0 radical (unpaired) electrons. The zero-order valence-corrected chi connectivity index (χ0v) is 12.8. The predicted molar refractivity (Wildman–Crippen MR) is 92.0 cm³/mol. The molecule has 0 amide bonds. The fourth-order valence-electron chi connectivity index (χ4n) is 2.52. The summed E-state index contributed by atoms with van der Waals surface area (Å²) in [5, 5.41) is 0. The molecule has 2 aromatic rings. The van der Waals surface area contributed by atoms with Crippen molar-refractivity contribution in [2.24, 2.45) is 0 Å². The van der Waals surface area contributed by atoms with Crippen LogP contribution in [0.1, 0.15) is 17.5 Å². The number of anilines is 2. The van der Waals surface area contributed by atoms with E-state index in [1.54, 1.807) is 0 Å². The SMILES string of the molecule is Nc1cccc(C2(c3cccc(N)c3)SCCCS2)c1. The molecule has 3 rings (SSSR count). The number of hydrogen-bond donors (Lipinski definition) is 2. The lowest BCUT2D eigenvalue weighted by atomic mass is 10.0. The van der Waals surface area contributed by atoms with E-state index in [9.17, 15) is 0 Å². The molecule has 1 heterocycles. The van der Waals surface area contributed by atoms with E-state index in [1.165, 1.54) is 17.5 Å². The van der Waals surface area contributed by atoms with Gasteiger partial charge in [0, 0.05) is 11.4 Å². The van der Waals surface area contributed by atoms with E-state index in [0.29, 0.717) is 0 Å². The maximum Gasteiger partial charge on any atom is 0.111 e. The molecule has 0 aromatic heterocycles. The molecule has 4 N–H and O–H groups in total. The average molecular weight is 302 g/mol. The van der Waals surface area contributed by atoms with Crippen LogP contribution in [-0.2, 0) is 4.08 Å². The highest BCUT2D eigenvalue weighted by atomic mass is 32.2. The van der Waals surface area contributed by atoms with Crippen LogP contribution in [0, 0.1) is 0 Å². The van der Waals surface area contributed by atoms with Crippen molar-refractivity contribution in [3.8, 4) is 0 Å². The maximum absolute atomic E-state index is 5.99. The Morgan fingerprint density at radius 1 is 0.800 bits per heavy atom. The average Bonchev–Trinajstić information content (AvgIpc) is 2.48. The lowest BCUT2D eigenvalue weighted by Crippen LogP contribution is -2.24. The molecule has 0 atom stereocenters. The molecule has 0 bridgehead atoms. The molecular formula is C16H18N2S2. The van der Waals surface area contributed by atoms with E-state index >= 15 is 0 Å². The quantitative estimate of drug-likeness (QED) is 0.826. The Balaban J connectivity index is 2.13. The Hall–Kier alpha value is -1.26. The molecule has 0 aliphatic carbocycles. The van der Waals surface area contributed by atoms with Crippen LogP contribution in [0.4, 0.5) is 11.4 Å². The van der Waals surface area contributed by atoms with Crippen LogP contribution in [-0.4, -0.2) is 11.5 Å². The zero-order chi connectivity index (χ0) is 14.0. The lowest BCUT2D eigenvalue weighted by Gasteiger charge is -2.37. The monoisotopic (exact) mass is 302 g/mol. The minimum absolute atomic E-state index is 0.0803. The summed E-state index contributed by atoms with van der Waals surface area (Å²) in [6.45, 7) is 0. The fraction of sp³-hybridized carbons (Fsp3) is 0.250. The van der Waals surface area contributed by atoms with E-state index in [-0.39, 0.29) is 4.08 Å². The first-order valence-electron chi connectivity index (χ1n) is 6.71. The minimum atomic E-state index is -0.0803. The first kappa shape index (κ1) is 13.7. The van der Waals surface area contributed by atoms with E-state index in [1.807, 2.05) is 47.8 Å². The van der Waals surface area contributed by atoms with Crippen LogP contribution in [0.15, 0.2) is 48.5 Å². The second-order valence-electron chi connectivity index (χ2n) is 4.92. The highest BCUT2D eigenvalue weighted by Crippen LogP contribution is 2.55. The van der Waals surface area contributed by atoms with Crippen molar-refractivity contribution in [2.75, 3.05) is 23.0 Å². The van der Waals surface area contributed by atoms with Gasteiger partial charge in [-0.05, 0) is 53.3 Å². The van der Waals surface area contributed by atoms with E-state index < -0.39 is 0 Å². The third kappa shape index (κ3) is 2.50. The van der Waals surface area contributed by atoms with Crippen LogP contribution < -0.4 is 11.5 Å². The van der Waals surface area contributed by atoms with Crippen LogP contribution in [0.2, 0.25) is 0 Å². The van der Waals surface area contributed by atoms with E-state index in [2.05, 4.69) is 24.3 Å². The zero-order valence-electron chi connectivity index (χ0n) is 11.2. The largest absolute Gasteiger partial charge is 0.399 e. The Bertz CT molecular complexity index is 559. The van der Waals surface area contributed by atoms with Gasteiger partial charge in [0.05, 0.1) is 0 Å². The van der Waals surface area contributed by atoms with Crippen LogP contribution >= 0.6 is 23.5 Å². The van der Waals surface area contributed by atoms with Crippen molar-refractivity contribution in [1.29, 1.82) is 0 Å². The van der Waals surface area contributed by atoms with Gasteiger partial charge in [-0.25, -0.2) is 0 Å². The van der Waals surface area contributed by atoms with Gasteiger partial charge in [-0.2, -0.15) is 0 Å². The smallest absolute Gasteiger partial charge is 0.111 e.